The first kappa shape index (κ1) is 7.99. The highest BCUT2D eigenvalue weighted by molar-refractivity contribution is 9.25. The summed E-state index contributed by atoms with van der Waals surface area (Å²) in [6.45, 7) is 1.90. The number of rotatable bonds is 0. The Balaban J connectivity index is 2.29. The maximum atomic E-state index is 11.5. The van der Waals surface area contributed by atoms with E-state index in [1.54, 1.807) is 0 Å². The average molecular weight is 280 g/mol. The van der Waals surface area contributed by atoms with E-state index < -0.39 is 0 Å². The van der Waals surface area contributed by atoms with E-state index in [2.05, 4.69) is 31.9 Å². The van der Waals surface area contributed by atoms with Crippen molar-refractivity contribution in [3.05, 3.63) is 11.6 Å². The van der Waals surface area contributed by atoms with Crippen LogP contribution in [-0.4, -0.2) is 9.02 Å². The molecule has 0 bridgehead atoms. The zero-order valence-electron chi connectivity index (χ0n) is 6.10. The van der Waals surface area contributed by atoms with Crippen molar-refractivity contribution in [2.75, 3.05) is 0 Å². The van der Waals surface area contributed by atoms with Crippen LogP contribution >= 0.6 is 31.9 Å². The van der Waals surface area contributed by atoms with Gasteiger partial charge in [-0.3, -0.25) is 4.79 Å². The molecule has 0 N–H and O–H groups in total. The second-order valence-corrected chi connectivity index (χ2v) is 6.93. The second-order valence-electron chi connectivity index (χ2n) is 3.25. The number of alkyl halides is 2. The number of ketones is 1. The summed E-state index contributed by atoms with van der Waals surface area (Å²) in [6, 6.07) is 0. The van der Waals surface area contributed by atoms with Crippen LogP contribution < -0.4 is 0 Å². The minimum atomic E-state index is -0.0780. The Morgan fingerprint density at radius 3 is 2.82 bits per heavy atom. The van der Waals surface area contributed by atoms with Gasteiger partial charge in [0.05, 0.1) is 9.15 Å². The number of allylic oxidation sites excluding steroid dienone is 2. The standard InChI is InChI=1S/C8H8Br2O/c1-4-2-3-5-6(7(4)11)8(5,9)10/h2,5-6H,3H2,1H3. The first-order chi connectivity index (χ1) is 5.05. The zero-order valence-corrected chi connectivity index (χ0v) is 9.28. The summed E-state index contributed by atoms with van der Waals surface area (Å²) in [6.07, 6.45) is 3.06. The fourth-order valence-corrected chi connectivity index (χ4v) is 3.38. The first-order valence-electron chi connectivity index (χ1n) is 3.64. The molecular weight excluding hydrogens is 272 g/mol. The summed E-state index contributed by atoms with van der Waals surface area (Å²) in [5, 5.41) is 0. The minimum Gasteiger partial charge on any atom is -0.294 e. The summed E-state index contributed by atoms with van der Waals surface area (Å²) in [5.41, 5.74) is 0.923. The van der Waals surface area contributed by atoms with Crippen LogP contribution in [0.4, 0.5) is 0 Å². The Kier molecular flexibility index (Phi) is 1.59. The van der Waals surface area contributed by atoms with Crippen LogP contribution in [0, 0.1) is 11.8 Å². The molecule has 0 aliphatic heterocycles. The monoisotopic (exact) mass is 278 g/mol. The van der Waals surface area contributed by atoms with Crippen LogP contribution in [0.25, 0.3) is 0 Å². The molecule has 1 saturated carbocycles. The fraction of sp³-hybridized carbons (Fsp3) is 0.625. The average Bonchev–Trinajstić information content (AvgIpc) is 2.46. The van der Waals surface area contributed by atoms with Gasteiger partial charge >= 0.3 is 0 Å². The summed E-state index contributed by atoms with van der Waals surface area (Å²) in [5.74, 6) is 0.973. The molecule has 0 aromatic carbocycles. The van der Waals surface area contributed by atoms with E-state index in [0.29, 0.717) is 11.7 Å². The molecule has 2 unspecified atom stereocenters. The van der Waals surface area contributed by atoms with Crippen molar-refractivity contribution in [3.63, 3.8) is 0 Å². The highest BCUT2D eigenvalue weighted by Gasteiger charge is 2.65. The van der Waals surface area contributed by atoms with Crippen LogP contribution in [0.2, 0.25) is 0 Å². The van der Waals surface area contributed by atoms with E-state index in [1.807, 2.05) is 13.0 Å². The van der Waals surface area contributed by atoms with Crippen molar-refractivity contribution in [1.82, 2.24) is 0 Å². The van der Waals surface area contributed by atoms with Crippen molar-refractivity contribution in [3.8, 4) is 0 Å². The molecule has 2 aliphatic rings. The van der Waals surface area contributed by atoms with Gasteiger partial charge in [-0.2, -0.15) is 0 Å². The van der Waals surface area contributed by atoms with E-state index in [1.165, 1.54) is 0 Å². The lowest BCUT2D eigenvalue weighted by atomic mass is 10.00. The summed E-state index contributed by atoms with van der Waals surface area (Å²) in [4.78, 5) is 11.5. The first-order valence-corrected chi connectivity index (χ1v) is 5.22. The number of carbonyl (C=O) groups is 1. The SMILES string of the molecule is CC1=CCC2C(C1=O)C2(Br)Br. The van der Waals surface area contributed by atoms with Gasteiger partial charge in [0.2, 0.25) is 0 Å². The van der Waals surface area contributed by atoms with Gasteiger partial charge in [0.25, 0.3) is 0 Å². The van der Waals surface area contributed by atoms with Crippen LogP contribution in [0.1, 0.15) is 13.3 Å². The quantitative estimate of drug-likeness (QED) is 0.623. The van der Waals surface area contributed by atoms with Gasteiger partial charge in [-0.05, 0) is 18.9 Å². The molecule has 2 aliphatic carbocycles. The second kappa shape index (κ2) is 2.19. The number of hydrogen-bond acceptors (Lipinski definition) is 1. The van der Waals surface area contributed by atoms with Crippen molar-refractivity contribution < 1.29 is 4.79 Å². The molecule has 1 fully saturated rings. The normalized spacial score (nSPS) is 39.5. The number of hydrogen-bond donors (Lipinski definition) is 0. The Bertz CT molecular complexity index is 255. The molecule has 1 nitrogen and oxygen atoms in total. The lowest BCUT2D eigenvalue weighted by Gasteiger charge is -2.03. The van der Waals surface area contributed by atoms with Gasteiger partial charge in [0, 0.05) is 5.92 Å². The maximum absolute atomic E-state index is 11.5. The number of Topliss-reactive ketones (excluding diaryl/α,β-unsaturated/α-hetero) is 1. The summed E-state index contributed by atoms with van der Waals surface area (Å²) >= 11 is 7.02. The number of halogens is 2. The molecule has 0 radical (unpaired) electrons. The third kappa shape index (κ3) is 0.970. The molecule has 0 aromatic heterocycles. The van der Waals surface area contributed by atoms with Gasteiger partial charge in [-0.1, -0.05) is 37.9 Å². The Labute approximate surface area is 82.5 Å². The van der Waals surface area contributed by atoms with Crippen molar-refractivity contribution in [2.45, 2.75) is 16.6 Å². The van der Waals surface area contributed by atoms with Gasteiger partial charge in [0.15, 0.2) is 5.78 Å². The Morgan fingerprint density at radius 1 is 1.64 bits per heavy atom. The molecule has 0 amide bonds. The molecule has 11 heavy (non-hydrogen) atoms. The van der Waals surface area contributed by atoms with Gasteiger partial charge in [-0.25, -0.2) is 0 Å². The molecule has 3 heteroatoms. The lowest BCUT2D eigenvalue weighted by molar-refractivity contribution is -0.117. The smallest absolute Gasteiger partial charge is 0.163 e. The molecular formula is C8H8Br2O. The third-order valence-corrected chi connectivity index (χ3v) is 4.71. The van der Waals surface area contributed by atoms with Crippen molar-refractivity contribution in [2.24, 2.45) is 11.8 Å². The molecule has 0 heterocycles. The van der Waals surface area contributed by atoms with Crippen molar-refractivity contribution in [1.29, 1.82) is 0 Å². The lowest BCUT2D eigenvalue weighted by Crippen LogP contribution is -2.09. The molecule has 0 spiro atoms. The van der Waals surface area contributed by atoms with Crippen LogP contribution in [0.5, 0.6) is 0 Å². The topological polar surface area (TPSA) is 17.1 Å². The number of carbonyl (C=O) groups excluding carboxylic acids is 1. The predicted molar refractivity (Wildman–Crippen MR) is 50.9 cm³/mol. The molecule has 0 aromatic rings. The molecule has 2 atom stereocenters. The van der Waals surface area contributed by atoms with Gasteiger partial charge in [0.1, 0.15) is 0 Å². The third-order valence-electron chi connectivity index (χ3n) is 2.55. The van der Waals surface area contributed by atoms with Crippen LogP contribution in [0.15, 0.2) is 11.6 Å². The van der Waals surface area contributed by atoms with E-state index in [-0.39, 0.29) is 9.15 Å². The van der Waals surface area contributed by atoms with Crippen LogP contribution in [0.3, 0.4) is 0 Å². The molecule has 0 saturated heterocycles. The van der Waals surface area contributed by atoms with Crippen molar-refractivity contribution >= 4 is 37.6 Å². The molecule has 2 rings (SSSR count). The minimum absolute atomic E-state index is 0.0780. The van der Waals surface area contributed by atoms with E-state index >= 15 is 0 Å². The fourth-order valence-electron chi connectivity index (χ4n) is 1.69. The van der Waals surface area contributed by atoms with Crippen LogP contribution in [-0.2, 0) is 4.79 Å². The van der Waals surface area contributed by atoms with E-state index in [4.69, 9.17) is 0 Å². The predicted octanol–water partition coefficient (Wildman–Crippen LogP) is 2.64. The summed E-state index contributed by atoms with van der Waals surface area (Å²) < 4.78 is -0.0780. The van der Waals surface area contributed by atoms with Gasteiger partial charge < -0.3 is 0 Å². The number of fused-ring (bicyclic) bond motifs is 1. The Hall–Kier alpha value is 0.370. The maximum Gasteiger partial charge on any atom is 0.163 e. The van der Waals surface area contributed by atoms with E-state index in [9.17, 15) is 4.79 Å². The zero-order chi connectivity index (χ0) is 8.22. The summed E-state index contributed by atoms with van der Waals surface area (Å²) in [7, 11) is 0. The van der Waals surface area contributed by atoms with Gasteiger partial charge in [-0.15, -0.1) is 0 Å². The Morgan fingerprint density at radius 2 is 2.27 bits per heavy atom. The highest BCUT2D eigenvalue weighted by Crippen LogP contribution is 2.65. The highest BCUT2D eigenvalue weighted by atomic mass is 79.9. The largest absolute Gasteiger partial charge is 0.294 e. The van der Waals surface area contributed by atoms with E-state index in [0.717, 1.165) is 12.0 Å². The molecule has 60 valence electrons.